The van der Waals surface area contributed by atoms with Gasteiger partial charge in [-0.05, 0) is 31.0 Å². The van der Waals surface area contributed by atoms with Gasteiger partial charge < -0.3 is 4.74 Å². The zero-order chi connectivity index (χ0) is 12.5. The fourth-order valence-corrected chi connectivity index (χ4v) is 2.86. The Morgan fingerprint density at radius 2 is 1.94 bits per heavy atom. The number of benzene rings is 1. The summed E-state index contributed by atoms with van der Waals surface area (Å²) in [4.78, 5) is 0. The van der Waals surface area contributed by atoms with E-state index in [1.165, 1.54) is 7.11 Å². The maximum Gasteiger partial charge on any atom is 0.236 e. The molecular weight excluding hydrogens is 271 g/mol. The van der Waals surface area contributed by atoms with Crippen LogP contribution in [0.3, 0.4) is 0 Å². The largest absolute Gasteiger partial charge is 0.495 e. The topological polar surface area (TPSA) is 43.4 Å². The number of methoxy groups -OCH3 is 1. The zero-order valence-electron chi connectivity index (χ0n) is 9.17. The van der Waals surface area contributed by atoms with E-state index in [1.807, 2.05) is 13.8 Å². The second-order valence-corrected chi connectivity index (χ2v) is 6.68. The Bertz CT molecular complexity index is 509. The molecule has 0 atom stereocenters. The van der Waals surface area contributed by atoms with E-state index in [4.69, 9.17) is 27.0 Å². The van der Waals surface area contributed by atoms with Crippen LogP contribution in [-0.4, -0.2) is 15.5 Å². The molecule has 16 heavy (non-hydrogen) atoms. The van der Waals surface area contributed by atoms with Crippen LogP contribution in [0.1, 0.15) is 16.7 Å². The van der Waals surface area contributed by atoms with Crippen molar-refractivity contribution in [1.29, 1.82) is 0 Å². The lowest BCUT2D eigenvalue weighted by atomic mass is 10.0. The Morgan fingerprint density at radius 3 is 2.38 bits per heavy atom. The van der Waals surface area contributed by atoms with Crippen molar-refractivity contribution in [3.63, 3.8) is 0 Å². The van der Waals surface area contributed by atoms with Crippen LogP contribution in [0.5, 0.6) is 5.75 Å². The van der Waals surface area contributed by atoms with Crippen molar-refractivity contribution >= 4 is 31.3 Å². The highest BCUT2D eigenvalue weighted by Gasteiger charge is 2.18. The van der Waals surface area contributed by atoms with Crippen LogP contribution in [-0.2, 0) is 14.8 Å². The third-order valence-corrected chi connectivity index (χ3v) is 3.64. The summed E-state index contributed by atoms with van der Waals surface area (Å²) in [7, 11) is 3.06. The van der Waals surface area contributed by atoms with Gasteiger partial charge in [0.25, 0.3) is 0 Å². The fraction of sp³-hybridized carbons (Fsp3) is 0.400. The Hall–Kier alpha value is -0.450. The molecule has 90 valence electrons. The Balaban J connectivity index is 3.45. The first-order valence-corrected chi connectivity index (χ1v) is 7.36. The Kier molecular flexibility index (Phi) is 4.10. The highest BCUT2D eigenvalue weighted by molar-refractivity contribution is 8.13. The van der Waals surface area contributed by atoms with Gasteiger partial charge in [0.1, 0.15) is 5.75 Å². The molecule has 0 aliphatic heterocycles. The standard InChI is InChI=1S/C10H12Cl2O3S/c1-6-4-9(11)10(15-3)8(7(6)2)5-16(12,13)14/h4H,5H2,1-3H3. The Labute approximate surface area is 105 Å². The third kappa shape index (κ3) is 3.03. The molecule has 0 fully saturated rings. The molecule has 0 aromatic heterocycles. The lowest BCUT2D eigenvalue weighted by Crippen LogP contribution is -2.03. The number of hydrogen-bond donors (Lipinski definition) is 0. The quantitative estimate of drug-likeness (QED) is 0.801. The number of halogens is 2. The van der Waals surface area contributed by atoms with Crippen LogP contribution in [0.4, 0.5) is 0 Å². The van der Waals surface area contributed by atoms with Gasteiger partial charge in [-0.2, -0.15) is 0 Å². The molecule has 0 bridgehead atoms. The number of hydrogen-bond acceptors (Lipinski definition) is 3. The molecule has 0 aliphatic rings. The van der Waals surface area contributed by atoms with Gasteiger partial charge in [-0.3, -0.25) is 0 Å². The average Bonchev–Trinajstić information content (AvgIpc) is 2.12. The maximum atomic E-state index is 11.1. The summed E-state index contributed by atoms with van der Waals surface area (Å²) in [6.45, 7) is 3.66. The van der Waals surface area contributed by atoms with E-state index in [0.717, 1.165) is 11.1 Å². The second kappa shape index (κ2) is 4.82. The first kappa shape index (κ1) is 13.6. The van der Waals surface area contributed by atoms with Gasteiger partial charge in [0, 0.05) is 16.2 Å². The molecule has 1 aromatic carbocycles. The Morgan fingerprint density at radius 1 is 1.38 bits per heavy atom. The SMILES string of the molecule is COc1c(Cl)cc(C)c(C)c1CS(=O)(=O)Cl. The highest BCUT2D eigenvalue weighted by atomic mass is 35.7. The number of rotatable bonds is 3. The minimum Gasteiger partial charge on any atom is -0.495 e. The molecule has 0 amide bonds. The molecule has 0 radical (unpaired) electrons. The summed E-state index contributed by atoms with van der Waals surface area (Å²) in [6.07, 6.45) is 0. The lowest BCUT2D eigenvalue weighted by molar-refractivity contribution is 0.410. The van der Waals surface area contributed by atoms with Gasteiger partial charge in [0.05, 0.1) is 17.9 Å². The van der Waals surface area contributed by atoms with Crippen LogP contribution in [0.15, 0.2) is 6.07 Å². The van der Waals surface area contributed by atoms with E-state index in [2.05, 4.69) is 0 Å². The second-order valence-electron chi connectivity index (χ2n) is 3.50. The van der Waals surface area contributed by atoms with E-state index in [0.29, 0.717) is 16.3 Å². The fourth-order valence-electron chi connectivity index (χ4n) is 1.48. The maximum absolute atomic E-state index is 11.1. The highest BCUT2D eigenvalue weighted by Crippen LogP contribution is 2.34. The summed E-state index contributed by atoms with van der Waals surface area (Å²) in [5.74, 6) is 0.0827. The molecule has 6 heteroatoms. The van der Waals surface area contributed by atoms with Crippen molar-refractivity contribution in [2.24, 2.45) is 0 Å². The van der Waals surface area contributed by atoms with Crippen LogP contribution < -0.4 is 4.74 Å². The first-order chi connectivity index (χ1) is 7.26. The van der Waals surface area contributed by atoms with Crippen LogP contribution >= 0.6 is 22.3 Å². The molecule has 0 aliphatic carbocycles. The van der Waals surface area contributed by atoms with E-state index in [1.54, 1.807) is 6.07 Å². The van der Waals surface area contributed by atoms with Gasteiger partial charge in [-0.25, -0.2) is 8.42 Å². The molecule has 1 rings (SSSR count). The summed E-state index contributed by atoms with van der Waals surface area (Å²) >= 11 is 5.97. The van der Waals surface area contributed by atoms with Crippen molar-refractivity contribution in [3.05, 3.63) is 27.8 Å². The minimum atomic E-state index is -3.63. The van der Waals surface area contributed by atoms with Crippen LogP contribution in [0, 0.1) is 13.8 Å². The normalized spacial score (nSPS) is 11.6. The van der Waals surface area contributed by atoms with Gasteiger partial charge in [0.15, 0.2) is 0 Å². The van der Waals surface area contributed by atoms with E-state index in [9.17, 15) is 8.42 Å². The zero-order valence-corrected chi connectivity index (χ0v) is 11.5. The predicted octanol–water partition coefficient (Wildman–Crippen LogP) is 3.03. The van der Waals surface area contributed by atoms with Crippen molar-refractivity contribution in [3.8, 4) is 5.75 Å². The molecule has 0 saturated carbocycles. The summed E-state index contributed by atoms with van der Waals surface area (Å²) in [5, 5.41) is 0.390. The summed E-state index contributed by atoms with van der Waals surface area (Å²) in [5.41, 5.74) is 2.24. The van der Waals surface area contributed by atoms with Gasteiger partial charge in [0.2, 0.25) is 9.05 Å². The van der Waals surface area contributed by atoms with Crippen molar-refractivity contribution in [2.45, 2.75) is 19.6 Å². The average molecular weight is 283 g/mol. The molecule has 0 saturated heterocycles. The monoisotopic (exact) mass is 282 g/mol. The van der Waals surface area contributed by atoms with Crippen LogP contribution in [0.25, 0.3) is 0 Å². The summed E-state index contributed by atoms with van der Waals surface area (Å²) < 4.78 is 27.3. The third-order valence-electron chi connectivity index (χ3n) is 2.40. The lowest BCUT2D eigenvalue weighted by Gasteiger charge is -2.14. The predicted molar refractivity (Wildman–Crippen MR) is 66.0 cm³/mol. The van der Waals surface area contributed by atoms with Gasteiger partial charge >= 0.3 is 0 Å². The molecule has 0 spiro atoms. The van der Waals surface area contributed by atoms with Crippen molar-refractivity contribution in [1.82, 2.24) is 0 Å². The molecular formula is C10H12Cl2O3S. The van der Waals surface area contributed by atoms with Crippen LogP contribution in [0.2, 0.25) is 5.02 Å². The van der Waals surface area contributed by atoms with Crippen molar-refractivity contribution < 1.29 is 13.2 Å². The minimum absolute atomic E-state index is 0.287. The van der Waals surface area contributed by atoms with Gasteiger partial charge in [-0.1, -0.05) is 11.6 Å². The van der Waals surface area contributed by atoms with E-state index >= 15 is 0 Å². The molecule has 0 heterocycles. The van der Waals surface area contributed by atoms with E-state index in [-0.39, 0.29) is 5.75 Å². The first-order valence-electron chi connectivity index (χ1n) is 4.51. The smallest absolute Gasteiger partial charge is 0.236 e. The van der Waals surface area contributed by atoms with E-state index < -0.39 is 9.05 Å². The number of aryl methyl sites for hydroxylation is 1. The summed E-state index contributed by atoms with van der Waals surface area (Å²) in [6, 6.07) is 1.74. The van der Waals surface area contributed by atoms with Crippen molar-refractivity contribution in [2.75, 3.05) is 7.11 Å². The number of ether oxygens (including phenoxy) is 1. The van der Waals surface area contributed by atoms with Gasteiger partial charge in [-0.15, -0.1) is 0 Å². The molecule has 0 unspecified atom stereocenters. The molecule has 3 nitrogen and oxygen atoms in total. The molecule has 1 aromatic rings. The molecule has 0 N–H and O–H groups in total.